The number of carbonyl (C=O) groups is 1. The van der Waals surface area contributed by atoms with Crippen LogP contribution < -0.4 is 0 Å². The number of carboxylic acid groups (broad SMARTS) is 1. The molecule has 17 heavy (non-hydrogen) atoms. The van der Waals surface area contributed by atoms with Crippen molar-refractivity contribution < 1.29 is 19.2 Å². The normalized spacial score (nSPS) is 17.0. The van der Waals surface area contributed by atoms with Gasteiger partial charge in [0.1, 0.15) is 6.10 Å². The molecule has 0 saturated heterocycles. The number of aromatic nitrogens is 2. The Morgan fingerprint density at radius 1 is 1.65 bits per heavy atom. The van der Waals surface area contributed by atoms with Gasteiger partial charge >= 0.3 is 5.97 Å². The summed E-state index contributed by atoms with van der Waals surface area (Å²) in [5.74, 6) is 0.770. The van der Waals surface area contributed by atoms with Crippen LogP contribution in [-0.2, 0) is 16.0 Å². The zero-order valence-electron chi connectivity index (χ0n) is 9.76. The fraction of sp³-hybridized carbons (Fsp3) is 0.727. The molecule has 1 saturated carbocycles. The molecule has 0 bridgehead atoms. The number of carboxylic acids is 1. The fourth-order valence-corrected chi connectivity index (χ4v) is 1.78. The summed E-state index contributed by atoms with van der Waals surface area (Å²) in [7, 11) is 1.64. The Morgan fingerprint density at radius 3 is 3.00 bits per heavy atom. The Morgan fingerprint density at radius 2 is 2.41 bits per heavy atom. The van der Waals surface area contributed by atoms with E-state index in [0.29, 0.717) is 30.5 Å². The maximum absolute atomic E-state index is 10.4. The molecule has 0 amide bonds. The van der Waals surface area contributed by atoms with Crippen LogP contribution in [0.1, 0.15) is 43.5 Å². The smallest absolute Gasteiger partial charge is 0.303 e. The van der Waals surface area contributed by atoms with Gasteiger partial charge in [0.25, 0.3) is 0 Å². The highest BCUT2D eigenvalue weighted by molar-refractivity contribution is 5.66. The molecule has 1 aromatic rings. The second-order valence-corrected chi connectivity index (χ2v) is 4.29. The van der Waals surface area contributed by atoms with Crippen molar-refractivity contribution >= 4 is 5.97 Å². The van der Waals surface area contributed by atoms with E-state index >= 15 is 0 Å². The molecule has 2 rings (SSSR count). The molecule has 0 radical (unpaired) electrons. The van der Waals surface area contributed by atoms with Gasteiger partial charge in [-0.05, 0) is 25.2 Å². The SMILES string of the molecule is COC(c1noc(CCCC(=O)O)n1)C1CC1. The van der Waals surface area contributed by atoms with Gasteiger partial charge in [-0.15, -0.1) is 0 Å². The molecule has 0 spiro atoms. The fourth-order valence-electron chi connectivity index (χ4n) is 1.78. The lowest BCUT2D eigenvalue weighted by molar-refractivity contribution is -0.137. The minimum atomic E-state index is -0.808. The van der Waals surface area contributed by atoms with Crippen LogP contribution in [-0.4, -0.2) is 28.3 Å². The number of aryl methyl sites for hydroxylation is 1. The van der Waals surface area contributed by atoms with Crippen LogP contribution in [0.2, 0.25) is 0 Å². The van der Waals surface area contributed by atoms with E-state index in [9.17, 15) is 4.79 Å². The summed E-state index contributed by atoms with van der Waals surface area (Å²) in [5.41, 5.74) is 0. The number of ether oxygens (including phenoxy) is 1. The standard InChI is InChI=1S/C11H16N2O4/c1-16-10(7-5-6-7)11-12-8(17-13-11)3-2-4-9(14)15/h7,10H,2-6H2,1H3,(H,14,15). The molecule has 1 atom stereocenters. The Kier molecular flexibility index (Phi) is 3.73. The molecule has 6 heteroatoms. The predicted molar refractivity (Wildman–Crippen MR) is 57.3 cm³/mol. The Labute approximate surface area is 99.0 Å². The highest BCUT2D eigenvalue weighted by Gasteiger charge is 2.35. The average molecular weight is 240 g/mol. The van der Waals surface area contributed by atoms with E-state index in [0.717, 1.165) is 12.8 Å². The topological polar surface area (TPSA) is 85.5 Å². The van der Waals surface area contributed by atoms with E-state index in [1.54, 1.807) is 7.11 Å². The van der Waals surface area contributed by atoms with Crippen LogP contribution in [0.3, 0.4) is 0 Å². The maximum atomic E-state index is 10.4. The molecule has 94 valence electrons. The third-order valence-electron chi connectivity index (χ3n) is 2.82. The van der Waals surface area contributed by atoms with Crippen molar-refractivity contribution in [2.75, 3.05) is 7.11 Å². The quantitative estimate of drug-likeness (QED) is 0.778. The Bertz CT molecular complexity index is 387. The summed E-state index contributed by atoms with van der Waals surface area (Å²) in [5, 5.41) is 12.4. The number of nitrogens with zero attached hydrogens (tertiary/aromatic N) is 2. The van der Waals surface area contributed by atoms with Crippen LogP contribution in [0.15, 0.2) is 4.52 Å². The lowest BCUT2D eigenvalue weighted by Crippen LogP contribution is -2.06. The highest BCUT2D eigenvalue weighted by Crippen LogP contribution is 2.41. The van der Waals surface area contributed by atoms with Crippen molar-refractivity contribution in [1.29, 1.82) is 0 Å². The molecule has 0 aromatic carbocycles. The largest absolute Gasteiger partial charge is 0.481 e. The molecule has 1 heterocycles. The van der Waals surface area contributed by atoms with Gasteiger partial charge in [0, 0.05) is 20.0 Å². The first kappa shape index (κ1) is 12.0. The van der Waals surface area contributed by atoms with Crippen LogP contribution in [0, 0.1) is 5.92 Å². The van der Waals surface area contributed by atoms with Crippen LogP contribution >= 0.6 is 0 Å². The first-order valence-corrected chi connectivity index (χ1v) is 5.77. The van der Waals surface area contributed by atoms with Crippen LogP contribution in [0.25, 0.3) is 0 Å². The van der Waals surface area contributed by atoms with Gasteiger partial charge in [0.05, 0.1) is 0 Å². The number of hydrogen-bond acceptors (Lipinski definition) is 5. The van der Waals surface area contributed by atoms with Gasteiger partial charge in [-0.1, -0.05) is 5.16 Å². The summed E-state index contributed by atoms with van der Waals surface area (Å²) in [6.07, 6.45) is 3.34. The van der Waals surface area contributed by atoms with Crippen molar-refractivity contribution in [1.82, 2.24) is 10.1 Å². The molecule has 0 aliphatic heterocycles. The third kappa shape index (κ3) is 3.26. The van der Waals surface area contributed by atoms with Gasteiger partial charge in [-0.3, -0.25) is 4.79 Å². The minimum absolute atomic E-state index is 0.0769. The van der Waals surface area contributed by atoms with E-state index in [4.69, 9.17) is 14.4 Å². The molecule has 1 aliphatic rings. The zero-order valence-corrected chi connectivity index (χ0v) is 9.76. The first-order chi connectivity index (χ1) is 8.20. The molecule has 1 fully saturated rings. The van der Waals surface area contributed by atoms with Crippen molar-refractivity contribution in [3.05, 3.63) is 11.7 Å². The molecule has 1 aliphatic carbocycles. The number of methoxy groups -OCH3 is 1. The molecule has 1 unspecified atom stereocenters. The van der Waals surface area contributed by atoms with Crippen molar-refractivity contribution in [3.63, 3.8) is 0 Å². The average Bonchev–Trinajstić information content (AvgIpc) is 3.00. The van der Waals surface area contributed by atoms with Gasteiger partial charge in [-0.25, -0.2) is 0 Å². The van der Waals surface area contributed by atoms with E-state index in [1.807, 2.05) is 0 Å². The zero-order chi connectivity index (χ0) is 12.3. The molecular formula is C11H16N2O4. The third-order valence-corrected chi connectivity index (χ3v) is 2.82. The van der Waals surface area contributed by atoms with E-state index in [2.05, 4.69) is 10.1 Å². The van der Waals surface area contributed by atoms with Gasteiger partial charge in [0.15, 0.2) is 0 Å². The molecular weight excluding hydrogens is 224 g/mol. The minimum Gasteiger partial charge on any atom is -0.481 e. The summed E-state index contributed by atoms with van der Waals surface area (Å²) >= 11 is 0. The number of hydrogen-bond donors (Lipinski definition) is 1. The van der Waals surface area contributed by atoms with Crippen molar-refractivity contribution in [2.45, 2.75) is 38.2 Å². The maximum Gasteiger partial charge on any atom is 0.303 e. The van der Waals surface area contributed by atoms with Crippen molar-refractivity contribution in [3.8, 4) is 0 Å². The molecule has 1 aromatic heterocycles. The lowest BCUT2D eigenvalue weighted by Gasteiger charge is -2.08. The van der Waals surface area contributed by atoms with E-state index < -0.39 is 5.97 Å². The van der Waals surface area contributed by atoms with Gasteiger partial charge < -0.3 is 14.4 Å². The van der Waals surface area contributed by atoms with E-state index in [1.165, 1.54) is 0 Å². The van der Waals surface area contributed by atoms with Crippen LogP contribution in [0.4, 0.5) is 0 Å². The number of rotatable bonds is 7. The highest BCUT2D eigenvalue weighted by atomic mass is 16.5. The summed E-state index contributed by atoms with van der Waals surface area (Å²) in [6, 6.07) is 0. The monoisotopic (exact) mass is 240 g/mol. The van der Waals surface area contributed by atoms with Crippen molar-refractivity contribution in [2.24, 2.45) is 5.92 Å². The summed E-state index contributed by atoms with van der Waals surface area (Å²) in [4.78, 5) is 14.6. The van der Waals surface area contributed by atoms with Gasteiger partial charge in [0.2, 0.25) is 11.7 Å². The summed E-state index contributed by atoms with van der Waals surface area (Å²) < 4.78 is 10.4. The van der Waals surface area contributed by atoms with E-state index in [-0.39, 0.29) is 12.5 Å². The first-order valence-electron chi connectivity index (χ1n) is 5.77. The second-order valence-electron chi connectivity index (χ2n) is 4.29. The summed E-state index contributed by atoms with van der Waals surface area (Å²) in [6.45, 7) is 0. The Hall–Kier alpha value is -1.43. The molecule has 6 nitrogen and oxygen atoms in total. The lowest BCUT2D eigenvalue weighted by atomic mass is 10.2. The van der Waals surface area contributed by atoms with Gasteiger partial charge in [-0.2, -0.15) is 4.98 Å². The Balaban J connectivity index is 1.88. The second kappa shape index (κ2) is 5.27. The predicted octanol–water partition coefficient (Wildman–Crippen LogP) is 1.57. The molecule has 1 N–H and O–H groups in total. The van der Waals surface area contributed by atoms with Crippen LogP contribution in [0.5, 0.6) is 0 Å². The number of aliphatic carboxylic acids is 1.